The van der Waals surface area contributed by atoms with Crippen LogP contribution < -0.4 is 10.2 Å². The third kappa shape index (κ3) is 6.50. The van der Waals surface area contributed by atoms with Gasteiger partial charge in [0.25, 0.3) is 0 Å². The summed E-state index contributed by atoms with van der Waals surface area (Å²) in [6, 6.07) is 17.3. The average molecular weight is 504 g/mol. The number of nitrogens with zero attached hydrogens (tertiary/aromatic N) is 4. The van der Waals surface area contributed by atoms with Crippen molar-refractivity contribution in [1.29, 1.82) is 0 Å². The molecule has 0 aliphatic carbocycles. The molecule has 37 heavy (non-hydrogen) atoms. The fourth-order valence-corrected chi connectivity index (χ4v) is 4.87. The third-order valence-electron chi connectivity index (χ3n) is 6.76. The Bertz CT molecular complexity index is 1170. The first-order chi connectivity index (χ1) is 18.1. The molecule has 2 aromatic carbocycles. The number of benzene rings is 2. The average Bonchev–Trinajstić information content (AvgIpc) is 2.94. The zero-order valence-corrected chi connectivity index (χ0v) is 21.0. The Labute approximate surface area is 217 Å². The van der Waals surface area contributed by atoms with E-state index in [1.165, 1.54) is 6.92 Å². The summed E-state index contributed by atoms with van der Waals surface area (Å²) in [4.78, 5) is 25.0. The van der Waals surface area contributed by atoms with Gasteiger partial charge in [-0.2, -0.15) is 0 Å². The van der Waals surface area contributed by atoms with Crippen LogP contribution in [0.2, 0.25) is 0 Å². The number of aliphatic hydroxyl groups excluding tert-OH is 1. The van der Waals surface area contributed by atoms with Gasteiger partial charge in [-0.05, 0) is 29.3 Å². The third-order valence-corrected chi connectivity index (χ3v) is 6.76. The number of anilines is 2. The molecule has 0 saturated carbocycles. The van der Waals surface area contributed by atoms with Gasteiger partial charge in [-0.1, -0.05) is 36.4 Å². The molecule has 9 heteroatoms. The highest BCUT2D eigenvalue weighted by atomic mass is 16.7. The van der Waals surface area contributed by atoms with Crippen molar-refractivity contribution in [2.75, 3.05) is 42.9 Å². The van der Waals surface area contributed by atoms with Gasteiger partial charge >= 0.3 is 0 Å². The van der Waals surface area contributed by atoms with Gasteiger partial charge in [-0.25, -0.2) is 9.97 Å². The fourth-order valence-electron chi connectivity index (χ4n) is 4.87. The van der Waals surface area contributed by atoms with Crippen molar-refractivity contribution in [2.45, 2.75) is 38.4 Å². The molecule has 2 aliphatic heterocycles. The molecule has 5 rings (SSSR count). The summed E-state index contributed by atoms with van der Waals surface area (Å²) in [6.45, 7) is 5.82. The van der Waals surface area contributed by atoms with E-state index in [0.29, 0.717) is 5.69 Å². The van der Waals surface area contributed by atoms with Crippen LogP contribution in [0.4, 0.5) is 11.6 Å². The van der Waals surface area contributed by atoms with Gasteiger partial charge in [0.05, 0.1) is 18.8 Å². The lowest BCUT2D eigenvalue weighted by molar-refractivity contribution is -0.253. The van der Waals surface area contributed by atoms with Crippen LogP contribution >= 0.6 is 0 Å². The van der Waals surface area contributed by atoms with E-state index in [9.17, 15) is 9.90 Å². The molecule has 1 aromatic heterocycles. The van der Waals surface area contributed by atoms with Crippen LogP contribution in [-0.4, -0.2) is 64.7 Å². The maximum Gasteiger partial charge on any atom is 0.225 e. The highest BCUT2D eigenvalue weighted by molar-refractivity contribution is 5.88. The molecule has 0 spiro atoms. The van der Waals surface area contributed by atoms with Crippen molar-refractivity contribution >= 4 is 17.5 Å². The second-order valence-corrected chi connectivity index (χ2v) is 9.49. The van der Waals surface area contributed by atoms with Crippen LogP contribution in [0, 0.1) is 0 Å². The Hall–Kier alpha value is -3.37. The predicted octanol–water partition coefficient (Wildman–Crippen LogP) is 3.29. The Kier molecular flexibility index (Phi) is 8.05. The number of aromatic nitrogens is 2. The van der Waals surface area contributed by atoms with Crippen molar-refractivity contribution in [3.63, 3.8) is 0 Å². The second kappa shape index (κ2) is 11.8. The quantitative estimate of drug-likeness (QED) is 0.507. The minimum Gasteiger partial charge on any atom is -0.392 e. The highest BCUT2D eigenvalue weighted by Crippen LogP contribution is 2.38. The van der Waals surface area contributed by atoms with Crippen LogP contribution in [-0.2, 0) is 20.9 Å². The van der Waals surface area contributed by atoms with Gasteiger partial charge in [-0.3, -0.25) is 9.69 Å². The molecule has 2 fully saturated rings. The molecule has 0 bridgehead atoms. The van der Waals surface area contributed by atoms with Crippen molar-refractivity contribution in [3.05, 3.63) is 83.7 Å². The summed E-state index contributed by atoms with van der Waals surface area (Å²) < 4.78 is 12.9. The zero-order chi connectivity index (χ0) is 25.6. The normalized spacial score (nSPS) is 22.5. The zero-order valence-electron chi connectivity index (χ0n) is 21.0. The minimum atomic E-state index is -0.561. The summed E-state index contributed by atoms with van der Waals surface area (Å²) in [5.74, 6) is 0.650. The van der Waals surface area contributed by atoms with Crippen molar-refractivity contribution in [3.8, 4) is 0 Å². The molecule has 3 heterocycles. The molecular formula is C28H33N5O4. The number of piperazine rings is 1. The number of carbonyl (C=O) groups is 1. The first kappa shape index (κ1) is 25.3. The molecule has 1 amide bonds. The van der Waals surface area contributed by atoms with Gasteiger partial charge in [0.1, 0.15) is 0 Å². The largest absolute Gasteiger partial charge is 0.392 e. The number of aliphatic hydroxyl groups is 1. The summed E-state index contributed by atoms with van der Waals surface area (Å²) in [5.41, 5.74) is 3.49. The van der Waals surface area contributed by atoms with Crippen LogP contribution in [0.25, 0.3) is 0 Å². The van der Waals surface area contributed by atoms with E-state index < -0.39 is 6.29 Å². The summed E-state index contributed by atoms with van der Waals surface area (Å²) in [7, 11) is 0. The van der Waals surface area contributed by atoms with Crippen LogP contribution in [0.5, 0.6) is 0 Å². The maximum atomic E-state index is 11.6. The Morgan fingerprint density at radius 2 is 1.76 bits per heavy atom. The molecule has 3 atom stereocenters. The molecule has 2 N–H and O–H groups in total. The molecule has 2 saturated heterocycles. The van der Waals surface area contributed by atoms with E-state index in [0.717, 1.165) is 61.8 Å². The van der Waals surface area contributed by atoms with E-state index in [1.54, 1.807) is 12.4 Å². The monoisotopic (exact) mass is 503 g/mol. The van der Waals surface area contributed by atoms with Crippen LogP contribution in [0.3, 0.4) is 0 Å². The van der Waals surface area contributed by atoms with E-state index in [1.807, 2.05) is 54.6 Å². The van der Waals surface area contributed by atoms with E-state index in [-0.39, 0.29) is 24.7 Å². The van der Waals surface area contributed by atoms with Crippen molar-refractivity contribution < 1.29 is 19.4 Å². The lowest BCUT2D eigenvalue weighted by atomic mass is 9.99. The standard InChI is InChI=1S/C28H33N5O4/c1-20(35)31-24-5-2-4-23(16-24)27-36-25(17-26(37-27)22-8-6-21(19-34)7-9-22)18-32-12-14-33(15-13-32)28-29-10-3-11-30-28/h2-11,16,25-27,34H,12-15,17-19H2,1H3,(H,31,35). The summed E-state index contributed by atoms with van der Waals surface area (Å²) >= 11 is 0. The van der Waals surface area contributed by atoms with E-state index in [2.05, 4.69) is 25.1 Å². The Morgan fingerprint density at radius 1 is 1.00 bits per heavy atom. The molecule has 2 aliphatic rings. The van der Waals surface area contributed by atoms with Gasteiger partial charge in [-0.15, -0.1) is 0 Å². The molecule has 194 valence electrons. The van der Waals surface area contributed by atoms with Gasteiger partial charge < -0.3 is 24.8 Å². The highest BCUT2D eigenvalue weighted by Gasteiger charge is 2.34. The molecule has 9 nitrogen and oxygen atoms in total. The van der Waals surface area contributed by atoms with Crippen molar-refractivity contribution in [1.82, 2.24) is 14.9 Å². The number of rotatable bonds is 7. The fraction of sp³-hybridized carbons (Fsp3) is 0.393. The lowest BCUT2D eigenvalue weighted by Crippen LogP contribution is -2.50. The topological polar surface area (TPSA) is 100 Å². The number of hydrogen-bond donors (Lipinski definition) is 2. The number of hydrogen-bond acceptors (Lipinski definition) is 8. The smallest absolute Gasteiger partial charge is 0.225 e. The van der Waals surface area contributed by atoms with Gasteiger partial charge in [0.15, 0.2) is 6.29 Å². The van der Waals surface area contributed by atoms with Gasteiger partial charge in [0.2, 0.25) is 11.9 Å². The summed E-state index contributed by atoms with van der Waals surface area (Å²) in [5, 5.41) is 12.3. The second-order valence-electron chi connectivity index (χ2n) is 9.49. The van der Waals surface area contributed by atoms with E-state index >= 15 is 0 Å². The number of nitrogens with one attached hydrogen (secondary N) is 1. The number of amides is 1. The minimum absolute atomic E-state index is 0.0100. The Morgan fingerprint density at radius 3 is 2.46 bits per heavy atom. The maximum absolute atomic E-state index is 11.6. The first-order valence-electron chi connectivity index (χ1n) is 12.7. The summed E-state index contributed by atoms with van der Waals surface area (Å²) in [6.07, 6.45) is 3.53. The van der Waals surface area contributed by atoms with Crippen molar-refractivity contribution in [2.24, 2.45) is 0 Å². The van der Waals surface area contributed by atoms with Gasteiger partial charge in [0, 0.05) is 69.7 Å². The molecule has 0 radical (unpaired) electrons. The molecular weight excluding hydrogens is 470 g/mol. The molecule has 3 unspecified atom stereocenters. The SMILES string of the molecule is CC(=O)Nc1cccc(C2OC(CN3CCN(c4ncccn4)CC3)CC(c3ccc(CO)cc3)O2)c1. The number of carbonyl (C=O) groups excluding carboxylic acids is 1. The Balaban J connectivity index is 1.30. The number of ether oxygens (including phenoxy) is 2. The first-order valence-corrected chi connectivity index (χ1v) is 12.7. The van der Waals surface area contributed by atoms with E-state index in [4.69, 9.17) is 9.47 Å². The van der Waals surface area contributed by atoms with Crippen LogP contribution in [0.1, 0.15) is 42.4 Å². The molecule has 3 aromatic rings. The van der Waals surface area contributed by atoms with Crippen LogP contribution in [0.15, 0.2) is 67.0 Å². The predicted molar refractivity (Wildman–Crippen MR) is 140 cm³/mol. The lowest BCUT2D eigenvalue weighted by Gasteiger charge is -2.40.